The Kier molecular flexibility index (Phi) is 4.33. The lowest BCUT2D eigenvalue weighted by Gasteiger charge is -2.13. The Labute approximate surface area is 140 Å². The Balaban J connectivity index is 2.05. The number of fused-ring (bicyclic) bond motifs is 1. The molecule has 0 aliphatic carbocycles. The molecule has 1 aromatic heterocycles. The van der Waals surface area contributed by atoms with E-state index in [1.807, 2.05) is 37.3 Å². The highest BCUT2D eigenvalue weighted by Crippen LogP contribution is 2.30. The molecule has 0 bridgehead atoms. The van der Waals surface area contributed by atoms with Crippen LogP contribution < -0.4 is 14.8 Å². The normalized spacial score (nSPS) is 10.5. The van der Waals surface area contributed by atoms with E-state index >= 15 is 0 Å². The predicted octanol–water partition coefficient (Wildman–Crippen LogP) is 3.81. The molecule has 5 heteroatoms. The van der Waals surface area contributed by atoms with E-state index in [1.165, 1.54) is 0 Å². The highest BCUT2D eigenvalue weighted by atomic mass is 16.5. The van der Waals surface area contributed by atoms with Crippen LogP contribution >= 0.6 is 0 Å². The van der Waals surface area contributed by atoms with Gasteiger partial charge in [0.1, 0.15) is 17.0 Å². The first kappa shape index (κ1) is 15.8. The van der Waals surface area contributed by atoms with E-state index in [9.17, 15) is 4.79 Å². The third-order valence-electron chi connectivity index (χ3n) is 3.75. The van der Waals surface area contributed by atoms with Gasteiger partial charge in [0, 0.05) is 11.1 Å². The van der Waals surface area contributed by atoms with Crippen LogP contribution in [0, 0.1) is 6.92 Å². The van der Waals surface area contributed by atoms with E-state index in [-0.39, 0.29) is 5.91 Å². The summed E-state index contributed by atoms with van der Waals surface area (Å²) in [5, 5.41) is 3.78. The van der Waals surface area contributed by atoms with Gasteiger partial charge in [0.25, 0.3) is 5.91 Å². The summed E-state index contributed by atoms with van der Waals surface area (Å²) in [6.45, 7) is 1.88. The Bertz CT molecular complexity index is 906. The van der Waals surface area contributed by atoms with E-state index < -0.39 is 0 Å². The molecule has 24 heavy (non-hydrogen) atoms. The molecule has 0 spiro atoms. The lowest BCUT2D eigenvalue weighted by atomic mass is 10.1. The summed E-state index contributed by atoms with van der Waals surface area (Å²) in [6, 6.07) is 14.6. The van der Waals surface area contributed by atoms with Crippen molar-refractivity contribution in [2.75, 3.05) is 19.5 Å². The van der Waals surface area contributed by atoms with Gasteiger partial charge in [-0.25, -0.2) is 4.98 Å². The number of rotatable bonds is 4. The molecule has 122 valence electrons. The number of para-hydroxylation sites is 2. The fourth-order valence-electron chi connectivity index (χ4n) is 2.64. The third kappa shape index (κ3) is 2.88. The Morgan fingerprint density at radius 2 is 1.71 bits per heavy atom. The number of aromatic nitrogens is 1. The molecular formula is C19H18N2O3. The van der Waals surface area contributed by atoms with Gasteiger partial charge >= 0.3 is 0 Å². The Morgan fingerprint density at radius 3 is 2.46 bits per heavy atom. The lowest BCUT2D eigenvalue weighted by Crippen LogP contribution is -2.13. The van der Waals surface area contributed by atoms with Crippen molar-refractivity contribution < 1.29 is 14.3 Å². The van der Waals surface area contributed by atoms with Crippen LogP contribution in [0.4, 0.5) is 5.69 Å². The van der Waals surface area contributed by atoms with E-state index in [0.717, 1.165) is 16.6 Å². The molecule has 1 N–H and O–H groups in total. The number of hydrogen-bond acceptors (Lipinski definition) is 4. The minimum atomic E-state index is -0.234. The number of anilines is 1. The number of hydrogen-bond donors (Lipinski definition) is 1. The number of nitrogens with one attached hydrogen (secondary N) is 1. The SMILES string of the molecule is COc1ccccc1C(=O)Nc1cc(C)nc2c(OC)cccc12. The number of nitrogens with zero attached hydrogens (tertiary/aromatic N) is 1. The van der Waals surface area contributed by atoms with Gasteiger partial charge in [-0.15, -0.1) is 0 Å². The topological polar surface area (TPSA) is 60.5 Å². The van der Waals surface area contributed by atoms with Gasteiger partial charge in [-0.1, -0.05) is 24.3 Å². The maximum Gasteiger partial charge on any atom is 0.259 e. The average Bonchev–Trinajstić information content (AvgIpc) is 2.61. The number of ether oxygens (including phenoxy) is 2. The quantitative estimate of drug-likeness (QED) is 0.793. The van der Waals surface area contributed by atoms with Gasteiger partial charge in [-0.2, -0.15) is 0 Å². The molecule has 0 fully saturated rings. The molecule has 0 aliphatic heterocycles. The first-order chi connectivity index (χ1) is 11.6. The van der Waals surface area contributed by atoms with Crippen LogP contribution in [0.5, 0.6) is 11.5 Å². The predicted molar refractivity (Wildman–Crippen MR) is 94.0 cm³/mol. The summed E-state index contributed by atoms with van der Waals surface area (Å²) >= 11 is 0. The molecule has 5 nitrogen and oxygen atoms in total. The molecule has 1 amide bonds. The van der Waals surface area contributed by atoms with Crippen molar-refractivity contribution in [3.05, 3.63) is 59.8 Å². The first-order valence-corrected chi connectivity index (χ1v) is 7.52. The largest absolute Gasteiger partial charge is 0.496 e. The van der Waals surface area contributed by atoms with Gasteiger partial charge in [-0.05, 0) is 31.2 Å². The molecule has 0 saturated carbocycles. The fourth-order valence-corrected chi connectivity index (χ4v) is 2.64. The minimum Gasteiger partial charge on any atom is -0.496 e. The maximum atomic E-state index is 12.7. The van der Waals surface area contributed by atoms with Crippen molar-refractivity contribution in [3.8, 4) is 11.5 Å². The van der Waals surface area contributed by atoms with Crippen molar-refractivity contribution in [2.45, 2.75) is 6.92 Å². The molecular weight excluding hydrogens is 304 g/mol. The molecule has 0 saturated heterocycles. The number of methoxy groups -OCH3 is 2. The van der Waals surface area contributed by atoms with Crippen LogP contribution in [0.15, 0.2) is 48.5 Å². The summed E-state index contributed by atoms with van der Waals surface area (Å²) in [5.74, 6) is 0.967. The molecule has 0 atom stereocenters. The monoisotopic (exact) mass is 322 g/mol. The van der Waals surface area contributed by atoms with Crippen LogP contribution in [0.2, 0.25) is 0 Å². The van der Waals surface area contributed by atoms with Crippen molar-refractivity contribution >= 4 is 22.5 Å². The van der Waals surface area contributed by atoms with Gasteiger partial charge in [0.15, 0.2) is 0 Å². The third-order valence-corrected chi connectivity index (χ3v) is 3.75. The number of pyridine rings is 1. The van der Waals surface area contributed by atoms with Gasteiger partial charge < -0.3 is 14.8 Å². The summed E-state index contributed by atoms with van der Waals surface area (Å²) in [6.07, 6.45) is 0. The number of carbonyl (C=O) groups is 1. The number of aryl methyl sites for hydroxylation is 1. The van der Waals surface area contributed by atoms with Crippen molar-refractivity contribution in [2.24, 2.45) is 0 Å². The molecule has 1 heterocycles. The zero-order valence-electron chi connectivity index (χ0n) is 13.8. The minimum absolute atomic E-state index is 0.234. The van der Waals surface area contributed by atoms with E-state index in [0.29, 0.717) is 22.7 Å². The van der Waals surface area contributed by atoms with E-state index in [4.69, 9.17) is 9.47 Å². The Morgan fingerprint density at radius 1 is 1.00 bits per heavy atom. The highest BCUT2D eigenvalue weighted by Gasteiger charge is 2.15. The molecule has 2 aromatic carbocycles. The second kappa shape index (κ2) is 6.58. The van der Waals surface area contributed by atoms with Crippen LogP contribution in [-0.2, 0) is 0 Å². The Hall–Kier alpha value is -3.08. The van der Waals surface area contributed by atoms with Crippen LogP contribution in [0.25, 0.3) is 10.9 Å². The van der Waals surface area contributed by atoms with Crippen molar-refractivity contribution in [1.82, 2.24) is 4.98 Å². The van der Waals surface area contributed by atoms with Gasteiger partial charge in [0.05, 0.1) is 25.5 Å². The molecule has 3 rings (SSSR count). The summed E-state index contributed by atoms with van der Waals surface area (Å²) in [5.41, 5.74) is 2.68. The van der Waals surface area contributed by atoms with Gasteiger partial charge in [-0.3, -0.25) is 4.79 Å². The average molecular weight is 322 g/mol. The second-order valence-corrected chi connectivity index (χ2v) is 5.32. The van der Waals surface area contributed by atoms with Crippen molar-refractivity contribution in [1.29, 1.82) is 0 Å². The number of carbonyl (C=O) groups excluding carboxylic acids is 1. The van der Waals surface area contributed by atoms with Crippen LogP contribution in [0.3, 0.4) is 0 Å². The standard InChI is InChI=1S/C19H18N2O3/c1-12-11-15(13-8-6-10-17(24-3)18(13)20-12)21-19(22)14-7-4-5-9-16(14)23-2/h4-11H,1-3H3,(H,20,21,22). The fraction of sp³-hybridized carbons (Fsp3) is 0.158. The lowest BCUT2D eigenvalue weighted by molar-refractivity contribution is 0.102. The maximum absolute atomic E-state index is 12.7. The zero-order valence-corrected chi connectivity index (χ0v) is 13.8. The molecule has 3 aromatic rings. The van der Waals surface area contributed by atoms with Gasteiger partial charge in [0.2, 0.25) is 0 Å². The second-order valence-electron chi connectivity index (χ2n) is 5.32. The number of amides is 1. The van der Waals surface area contributed by atoms with E-state index in [1.54, 1.807) is 32.4 Å². The smallest absolute Gasteiger partial charge is 0.259 e. The molecule has 0 unspecified atom stereocenters. The summed E-state index contributed by atoms with van der Waals surface area (Å²) in [4.78, 5) is 17.2. The molecule has 0 radical (unpaired) electrons. The van der Waals surface area contributed by atoms with Crippen LogP contribution in [-0.4, -0.2) is 25.1 Å². The highest BCUT2D eigenvalue weighted by molar-refractivity contribution is 6.10. The number of benzene rings is 2. The zero-order chi connectivity index (χ0) is 17.1. The summed E-state index contributed by atoms with van der Waals surface area (Å²) in [7, 11) is 3.15. The van der Waals surface area contributed by atoms with Crippen molar-refractivity contribution in [3.63, 3.8) is 0 Å². The van der Waals surface area contributed by atoms with E-state index in [2.05, 4.69) is 10.3 Å². The first-order valence-electron chi connectivity index (χ1n) is 7.52. The van der Waals surface area contributed by atoms with Crippen LogP contribution in [0.1, 0.15) is 16.1 Å². The summed E-state index contributed by atoms with van der Waals surface area (Å²) < 4.78 is 10.6. The molecule has 0 aliphatic rings.